The van der Waals surface area contributed by atoms with Gasteiger partial charge in [-0.2, -0.15) is 13.2 Å². The first-order chi connectivity index (χ1) is 8.86. The molecule has 2 aromatic rings. The Kier molecular flexibility index (Phi) is 4.06. The van der Waals surface area contributed by atoms with Gasteiger partial charge in [0, 0.05) is 11.7 Å². The van der Waals surface area contributed by atoms with Crippen LogP contribution in [0.2, 0.25) is 4.34 Å². The molecule has 6 heteroatoms. The molecule has 0 spiro atoms. The van der Waals surface area contributed by atoms with Crippen molar-refractivity contribution in [1.82, 2.24) is 0 Å². The van der Waals surface area contributed by atoms with Crippen LogP contribution in [-0.4, -0.2) is 0 Å². The molecule has 1 aromatic carbocycles. The van der Waals surface area contributed by atoms with Crippen molar-refractivity contribution in [3.05, 3.63) is 51.2 Å². The summed E-state index contributed by atoms with van der Waals surface area (Å²) in [6.07, 6.45) is -4.30. The highest BCUT2D eigenvalue weighted by atomic mass is 35.5. The quantitative estimate of drug-likeness (QED) is 0.779. The van der Waals surface area contributed by atoms with Crippen LogP contribution < -0.4 is 5.32 Å². The lowest BCUT2D eigenvalue weighted by atomic mass is 10.1. The second-order valence-corrected chi connectivity index (χ2v) is 5.67. The molecule has 1 N–H and O–H groups in total. The zero-order valence-corrected chi connectivity index (χ0v) is 11.5. The van der Waals surface area contributed by atoms with E-state index in [1.807, 2.05) is 18.4 Å². The Balaban J connectivity index is 2.07. The van der Waals surface area contributed by atoms with Gasteiger partial charge in [-0.1, -0.05) is 11.6 Å². The molecule has 19 heavy (non-hydrogen) atoms. The fraction of sp³-hybridized carbons (Fsp3) is 0.231. The molecular formula is C13H11ClF3NS. The minimum absolute atomic E-state index is 0.0134. The van der Waals surface area contributed by atoms with Gasteiger partial charge in [0.2, 0.25) is 0 Å². The number of alkyl halides is 3. The third-order valence-corrected chi connectivity index (χ3v) is 3.79. The lowest BCUT2D eigenvalue weighted by Gasteiger charge is -2.15. The van der Waals surface area contributed by atoms with E-state index >= 15 is 0 Å². The predicted molar refractivity (Wildman–Crippen MR) is 72.8 cm³/mol. The highest BCUT2D eigenvalue weighted by Gasteiger charge is 2.29. The van der Waals surface area contributed by atoms with Crippen molar-refractivity contribution in [2.45, 2.75) is 19.1 Å². The Labute approximate surface area is 118 Å². The maximum Gasteiger partial charge on any atom is 0.416 e. The zero-order chi connectivity index (χ0) is 14.0. The van der Waals surface area contributed by atoms with Gasteiger partial charge in [-0.05, 0) is 48.2 Å². The highest BCUT2D eigenvalue weighted by Crippen LogP contribution is 2.31. The molecule has 1 atom stereocenters. The summed E-state index contributed by atoms with van der Waals surface area (Å²) < 4.78 is 37.9. The first kappa shape index (κ1) is 14.2. The maximum atomic E-state index is 12.4. The van der Waals surface area contributed by atoms with E-state index in [0.717, 1.165) is 17.7 Å². The van der Waals surface area contributed by atoms with Crippen LogP contribution in [0.15, 0.2) is 35.7 Å². The van der Waals surface area contributed by atoms with Gasteiger partial charge in [-0.25, -0.2) is 0 Å². The van der Waals surface area contributed by atoms with Crippen LogP contribution in [0, 0.1) is 0 Å². The fourth-order valence-corrected chi connectivity index (χ4v) is 2.62. The molecule has 0 aliphatic rings. The Morgan fingerprint density at radius 2 is 1.84 bits per heavy atom. The molecule has 0 fully saturated rings. The molecule has 1 aromatic heterocycles. The number of halogens is 4. The number of hydrogen-bond donors (Lipinski definition) is 1. The largest absolute Gasteiger partial charge is 0.416 e. The minimum atomic E-state index is -4.30. The van der Waals surface area contributed by atoms with Gasteiger partial charge in [0.15, 0.2) is 0 Å². The van der Waals surface area contributed by atoms with Gasteiger partial charge in [-0.15, -0.1) is 11.3 Å². The third kappa shape index (κ3) is 3.64. The first-order valence-electron chi connectivity index (χ1n) is 5.54. The van der Waals surface area contributed by atoms with Gasteiger partial charge in [0.1, 0.15) is 0 Å². The Morgan fingerprint density at radius 3 is 2.32 bits per heavy atom. The van der Waals surface area contributed by atoms with E-state index in [2.05, 4.69) is 5.32 Å². The second-order valence-electron chi connectivity index (χ2n) is 4.13. The smallest absolute Gasteiger partial charge is 0.378 e. The van der Waals surface area contributed by atoms with Crippen molar-refractivity contribution in [2.75, 3.05) is 5.32 Å². The minimum Gasteiger partial charge on any atom is -0.378 e. The molecular weight excluding hydrogens is 295 g/mol. The summed E-state index contributed by atoms with van der Waals surface area (Å²) in [5.41, 5.74) is 1.00. The van der Waals surface area contributed by atoms with E-state index in [-0.39, 0.29) is 6.04 Å². The van der Waals surface area contributed by atoms with E-state index in [1.165, 1.54) is 23.5 Å². The van der Waals surface area contributed by atoms with Crippen LogP contribution >= 0.6 is 22.9 Å². The summed E-state index contributed by atoms with van der Waals surface area (Å²) in [6.45, 7) is 1.93. The van der Waals surface area contributed by atoms with Crippen molar-refractivity contribution in [3.8, 4) is 0 Å². The number of hydrogen-bond acceptors (Lipinski definition) is 2. The van der Waals surface area contributed by atoms with Gasteiger partial charge in [0.05, 0.1) is 9.90 Å². The normalized spacial score (nSPS) is 13.3. The molecule has 1 nitrogen and oxygen atoms in total. The van der Waals surface area contributed by atoms with Crippen molar-refractivity contribution < 1.29 is 13.2 Å². The van der Waals surface area contributed by atoms with E-state index in [4.69, 9.17) is 11.6 Å². The van der Waals surface area contributed by atoms with Gasteiger partial charge in [-0.3, -0.25) is 0 Å². The molecule has 102 valence electrons. The summed E-state index contributed by atoms with van der Waals surface area (Å²) >= 11 is 7.27. The summed E-state index contributed by atoms with van der Waals surface area (Å²) in [4.78, 5) is 0. The van der Waals surface area contributed by atoms with Crippen LogP contribution in [-0.2, 0) is 6.18 Å². The molecule has 0 saturated heterocycles. The Bertz CT molecular complexity index is 548. The SMILES string of the molecule is CC(Nc1ccc(C(F)(F)F)cc1)c1csc(Cl)c1. The molecule has 0 saturated carbocycles. The molecule has 1 unspecified atom stereocenters. The van der Waals surface area contributed by atoms with Crippen LogP contribution in [0.5, 0.6) is 0 Å². The molecule has 0 bridgehead atoms. The number of thiophene rings is 1. The molecule has 0 aliphatic heterocycles. The topological polar surface area (TPSA) is 12.0 Å². The van der Waals surface area contributed by atoms with Crippen molar-refractivity contribution in [3.63, 3.8) is 0 Å². The van der Waals surface area contributed by atoms with Crippen LogP contribution in [0.25, 0.3) is 0 Å². The van der Waals surface area contributed by atoms with E-state index < -0.39 is 11.7 Å². The maximum absolute atomic E-state index is 12.4. The lowest BCUT2D eigenvalue weighted by Crippen LogP contribution is -2.07. The lowest BCUT2D eigenvalue weighted by molar-refractivity contribution is -0.137. The zero-order valence-electron chi connectivity index (χ0n) is 9.96. The molecule has 1 heterocycles. The van der Waals surface area contributed by atoms with Gasteiger partial charge >= 0.3 is 6.18 Å². The number of rotatable bonds is 3. The molecule has 0 aliphatic carbocycles. The summed E-state index contributed by atoms with van der Waals surface area (Å²) in [7, 11) is 0. The molecule has 0 radical (unpaired) electrons. The van der Waals surface area contributed by atoms with E-state index in [0.29, 0.717) is 10.0 Å². The monoisotopic (exact) mass is 305 g/mol. The van der Waals surface area contributed by atoms with Gasteiger partial charge < -0.3 is 5.32 Å². The number of benzene rings is 1. The molecule has 2 rings (SSSR count). The standard InChI is InChI=1S/C13H11ClF3NS/c1-8(9-6-12(14)19-7-9)18-11-4-2-10(3-5-11)13(15,16)17/h2-8,18H,1H3. The van der Waals surface area contributed by atoms with E-state index in [1.54, 1.807) is 0 Å². The summed E-state index contributed by atoms with van der Waals surface area (Å²) in [5, 5.41) is 5.05. The Morgan fingerprint density at radius 1 is 1.21 bits per heavy atom. The average molecular weight is 306 g/mol. The average Bonchev–Trinajstić information content (AvgIpc) is 2.75. The van der Waals surface area contributed by atoms with Crippen LogP contribution in [0.4, 0.5) is 18.9 Å². The predicted octanol–water partition coefficient (Wildman–Crippen LogP) is 5.59. The third-order valence-electron chi connectivity index (χ3n) is 2.68. The summed E-state index contributed by atoms with van der Waals surface area (Å²) in [5.74, 6) is 0. The van der Waals surface area contributed by atoms with Crippen LogP contribution in [0.3, 0.4) is 0 Å². The van der Waals surface area contributed by atoms with Crippen molar-refractivity contribution in [2.24, 2.45) is 0 Å². The van der Waals surface area contributed by atoms with Crippen molar-refractivity contribution in [1.29, 1.82) is 0 Å². The van der Waals surface area contributed by atoms with Gasteiger partial charge in [0.25, 0.3) is 0 Å². The highest BCUT2D eigenvalue weighted by molar-refractivity contribution is 7.14. The Hall–Kier alpha value is -1.20. The first-order valence-corrected chi connectivity index (χ1v) is 6.80. The number of nitrogens with one attached hydrogen (secondary N) is 1. The van der Waals surface area contributed by atoms with Crippen molar-refractivity contribution >= 4 is 28.6 Å². The fourth-order valence-electron chi connectivity index (χ4n) is 1.64. The second kappa shape index (κ2) is 5.43. The summed E-state index contributed by atoms with van der Waals surface area (Å²) in [6, 6.07) is 6.81. The number of anilines is 1. The van der Waals surface area contributed by atoms with Crippen LogP contribution in [0.1, 0.15) is 24.1 Å². The molecule has 0 amide bonds. The van der Waals surface area contributed by atoms with E-state index in [9.17, 15) is 13.2 Å².